The lowest BCUT2D eigenvalue weighted by molar-refractivity contribution is -0.140. The highest BCUT2D eigenvalue weighted by molar-refractivity contribution is 7.87. The van der Waals surface area contributed by atoms with Crippen molar-refractivity contribution in [2.45, 2.75) is 24.7 Å². The van der Waals surface area contributed by atoms with Crippen LogP contribution >= 0.6 is 11.3 Å². The summed E-state index contributed by atoms with van der Waals surface area (Å²) in [5, 5.41) is 4.01. The van der Waals surface area contributed by atoms with Crippen LogP contribution in [0.15, 0.2) is 35.7 Å². The van der Waals surface area contributed by atoms with E-state index in [-0.39, 0.29) is 12.1 Å². The van der Waals surface area contributed by atoms with Gasteiger partial charge in [0.05, 0.1) is 11.6 Å². The van der Waals surface area contributed by atoms with E-state index in [1.165, 1.54) is 18.4 Å². The van der Waals surface area contributed by atoms with Gasteiger partial charge in [0.15, 0.2) is 0 Å². The van der Waals surface area contributed by atoms with E-state index in [1.807, 2.05) is 0 Å². The third-order valence-electron chi connectivity index (χ3n) is 4.30. The Kier molecular flexibility index (Phi) is 5.49. The topological polar surface area (TPSA) is 78.5 Å². The first-order chi connectivity index (χ1) is 13.0. The predicted octanol–water partition coefficient (Wildman–Crippen LogP) is 3.12. The monoisotopic (exact) mass is 437 g/mol. The second-order valence-electron chi connectivity index (χ2n) is 6.14. The first kappa shape index (κ1) is 20.7. The molecule has 28 heavy (non-hydrogen) atoms. The lowest BCUT2D eigenvalue weighted by Gasteiger charge is -2.35. The Balaban J connectivity index is 1.85. The van der Waals surface area contributed by atoms with Crippen LogP contribution in [0.1, 0.15) is 22.9 Å². The van der Waals surface area contributed by atoms with E-state index in [1.54, 1.807) is 17.5 Å². The Hall–Kier alpha value is -2.02. The maximum absolute atomic E-state index is 13.4. The van der Waals surface area contributed by atoms with Crippen molar-refractivity contribution in [1.29, 1.82) is 0 Å². The molecule has 152 valence electrons. The van der Waals surface area contributed by atoms with E-state index < -0.39 is 45.8 Å². The summed E-state index contributed by atoms with van der Waals surface area (Å²) in [6.07, 6.45) is -4.85. The van der Waals surface area contributed by atoms with Gasteiger partial charge in [-0.05, 0) is 36.1 Å². The lowest BCUT2D eigenvalue weighted by Crippen LogP contribution is -2.55. The molecule has 0 unspecified atom stereocenters. The molecule has 1 saturated heterocycles. The van der Waals surface area contributed by atoms with Gasteiger partial charge in [0.25, 0.3) is 10.2 Å². The van der Waals surface area contributed by atoms with Crippen LogP contribution in [-0.4, -0.2) is 31.7 Å². The molecular weight excluding hydrogens is 422 g/mol. The molecule has 2 heterocycles. The van der Waals surface area contributed by atoms with Crippen LogP contribution in [0.5, 0.6) is 0 Å². The number of rotatable bonds is 3. The molecule has 0 radical (unpaired) electrons. The van der Waals surface area contributed by atoms with Gasteiger partial charge in [-0.2, -0.15) is 30.6 Å². The summed E-state index contributed by atoms with van der Waals surface area (Å²) in [5.74, 6) is -2.28. The van der Waals surface area contributed by atoms with Gasteiger partial charge in [0.2, 0.25) is 5.91 Å². The number of anilines is 1. The van der Waals surface area contributed by atoms with Crippen LogP contribution in [0, 0.1) is 5.82 Å². The molecule has 6 nitrogen and oxygen atoms in total. The van der Waals surface area contributed by atoms with Gasteiger partial charge >= 0.3 is 6.18 Å². The van der Waals surface area contributed by atoms with Crippen molar-refractivity contribution in [1.82, 2.24) is 9.03 Å². The second-order valence-corrected chi connectivity index (χ2v) is 8.88. The molecule has 3 rings (SSSR count). The van der Waals surface area contributed by atoms with E-state index >= 15 is 0 Å². The Bertz CT molecular complexity index is 978. The Labute approximate surface area is 162 Å². The fourth-order valence-electron chi connectivity index (χ4n) is 2.83. The van der Waals surface area contributed by atoms with Crippen molar-refractivity contribution >= 4 is 33.1 Å². The second kappa shape index (κ2) is 7.43. The molecule has 12 heteroatoms. The van der Waals surface area contributed by atoms with Crippen molar-refractivity contribution in [2.24, 2.45) is 0 Å². The van der Waals surface area contributed by atoms with E-state index in [4.69, 9.17) is 0 Å². The molecule has 2 atom stereocenters. The largest absolute Gasteiger partial charge is 0.419 e. The van der Waals surface area contributed by atoms with Gasteiger partial charge in [-0.3, -0.25) is 4.79 Å². The minimum atomic E-state index is -4.93. The summed E-state index contributed by atoms with van der Waals surface area (Å²) >= 11 is 1.31. The number of hydrogen-bond donors (Lipinski definition) is 2. The smallest absolute Gasteiger partial charge is 0.325 e. The third kappa shape index (κ3) is 4.19. The number of thiophene rings is 1. The van der Waals surface area contributed by atoms with Crippen molar-refractivity contribution in [3.8, 4) is 0 Å². The third-order valence-corrected chi connectivity index (χ3v) is 6.88. The first-order valence-corrected chi connectivity index (χ1v) is 10.3. The molecule has 0 bridgehead atoms. The minimum Gasteiger partial charge on any atom is -0.325 e. The summed E-state index contributed by atoms with van der Waals surface area (Å²) in [5.41, 5.74) is -1.80. The number of amides is 1. The highest BCUT2D eigenvalue weighted by Crippen LogP contribution is 2.34. The van der Waals surface area contributed by atoms with E-state index in [0.717, 1.165) is 10.4 Å². The molecule has 2 aromatic rings. The van der Waals surface area contributed by atoms with Crippen LogP contribution in [0.2, 0.25) is 0 Å². The molecule has 1 amide bonds. The molecule has 1 aliphatic rings. The zero-order valence-electron chi connectivity index (χ0n) is 14.3. The van der Waals surface area contributed by atoms with E-state index in [9.17, 15) is 30.8 Å². The molecule has 1 aromatic carbocycles. The van der Waals surface area contributed by atoms with Gasteiger partial charge in [-0.15, -0.1) is 11.3 Å². The van der Waals surface area contributed by atoms with Gasteiger partial charge in [-0.1, -0.05) is 6.07 Å². The van der Waals surface area contributed by atoms with Crippen LogP contribution in [-0.2, 0) is 21.2 Å². The number of benzene rings is 1. The Morgan fingerprint density at radius 3 is 2.64 bits per heavy atom. The number of carbonyl (C=O) groups excluding carboxylic acids is 1. The zero-order valence-corrected chi connectivity index (χ0v) is 16.0. The Morgan fingerprint density at radius 2 is 2.04 bits per heavy atom. The molecule has 1 fully saturated rings. The number of alkyl halides is 3. The van der Waals surface area contributed by atoms with Crippen LogP contribution in [0.25, 0.3) is 0 Å². The molecule has 0 saturated carbocycles. The van der Waals surface area contributed by atoms with Crippen molar-refractivity contribution < 1.29 is 30.8 Å². The SMILES string of the molecule is CN1[C@@H](C(=O)Nc2ccc(F)c(C(F)(F)F)c2)C[C@@H](c2cccs2)NS1(=O)=O. The fraction of sp³-hybridized carbons (Fsp3) is 0.312. The summed E-state index contributed by atoms with van der Waals surface area (Å²) in [6.45, 7) is 0. The number of nitrogens with one attached hydrogen (secondary N) is 2. The minimum absolute atomic E-state index is 0.0788. The number of nitrogens with zero attached hydrogens (tertiary/aromatic N) is 1. The van der Waals surface area contributed by atoms with Gasteiger partial charge < -0.3 is 5.32 Å². The quantitative estimate of drug-likeness (QED) is 0.725. The number of likely N-dealkylation sites (N-methyl/N-ethyl adjacent to an activating group) is 1. The van der Waals surface area contributed by atoms with Crippen molar-refractivity contribution in [2.75, 3.05) is 12.4 Å². The number of carbonyl (C=O) groups is 1. The number of hydrogen-bond acceptors (Lipinski definition) is 4. The highest BCUT2D eigenvalue weighted by atomic mass is 32.2. The van der Waals surface area contributed by atoms with E-state index in [0.29, 0.717) is 17.0 Å². The molecule has 0 spiro atoms. The average Bonchev–Trinajstić information content (AvgIpc) is 3.12. The van der Waals surface area contributed by atoms with Crippen LogP contribution in [0.3, 0.4) is 0 Å². The number of halogens is 4. The van der Waals surface area contributed by atoms with Gasteiger partial charge in [0, 0.05) is 17.6 Å². The normalized spacial score (nSPS) is 22.8. The fourth-order valence-corrected chi connectivity index (χ4v) is 4.96. The Morgan fingerprint density at radius 1 is 1.32 bits per heavy atom. The lowest BCUT2D eigenvalue weighted by atomic mass is 10.1. The maximum atomic E-state index is 13.4. The highest BCUT2D eigenvalue weighted by Gasteiger charge is 2.41. The summed E-state index contributed by atoms with van der Waals surface area (Å²) in [6, 6.07) is 3.70. The van der Waals surface area contributed by atoms with E-state index in [2.05, 4.69) is 10.0 Å². The van der Waals surface area contributed by atoms with Crippen LogP contribution < -0.4 is 10.0 Å². The summed E-state index contributed by atoms with van der Waals surface area (Å²) in [4.78, 5) is 13.3. The molecular formula is C16H15F4N3O3S2. The standard InChI is InChI=1S/C16H15F4N3O3S2/c1-23-13(8-12(22-28(23,25)26)14-3-2-6-27-14)15(24)21-9-4-5-11(17)10(7-9)16(18,19)20/h2-7,12-13,22H,8H2,1H3,(H,21,24)/t12-,13+/m0/s1. The maximum Gasteiger partial charge on any atom is 0.419 e. The van der Waals surface area contributed by atoms with Crippen molar-refractivity contribution in [3.05, 3.63) is 52.0 Å². The zero-order chi connectivity index (χ0) is 20.7. The molecule has 0 aliphatic carbocycles. The van der Waals surface area contributed by atoms with Crippen LogP contribution in [0.4, 0.5) is 23.2 Å². The predicted molar refractivity (Wildman–Crippen MR) is 95.3 cm³/mol. The summed E-state index contributed by atoms with van der Waals surface area (Å²) in [7, 11) is -2.77. The van der Waals surface area contributed by atoms with Gasteiger partial charge in [-0.25, -0.2) is 4.39 Å². The van der Waals surface area contributed by atoms with Gasteiger partial charge in [0.1, 0.15) is 11.9 Å². The molecule has 1 aliphatic heterocycles. The molecule has 1 aromatic heterocycles. The summed E-state index contributed by atoms with van der Waals surface area (Å²) < 4.78 is 79.9. The van der Waals surface area contributed by atoms with Crippen molar-refractivity contribution in [3.63, 3.8) is 0 Å². The first-order valence-electron chi connectivity index (χ1n) is 7.95. The average molecular weight is 437 g/mol. The molecule has 2 N–H and O–H groups in total.